The number of nitrogens with zero attached hydrogens (tertiary/aromatic N) is 1. The van der Waals surface area contributed by atoms with Gasteiger partial charge >= 0.3 is 0 Å². The van der Waals surface area contributed by atoms with Crippen molar-refractivity contribution in [2.24, 2.45) is 0 Å². The highest BCUT2D eigenvalue weighted by molar-refractivity contribution is 5.36. The average Bonchev–Trinajstić information content (AvgIpc) is 2.48. The number of hydrogen-bond acceptors (Lipinski definition) is 3. The minimum atomic E-state index is -0.265. The van der Waals surface area contributed by atoms with E-state index >= 15 is 0 Å². The Morgan fingerprint density at radius 1 is 1.29 bits per heavy atom. The molecule has 0 radical (unpaired) electrons. The molecule has 112 valence electrons. The van der Waals surface area contributed by atoms with E-state index in [1.54, 1.807) is 12.3 Å². The molecule has 1 aromatic carbocycles. The summed E-state index contributed by atoms with van der Waals surface area (Å²) >= 11 is 0. The highest BCUT2D eigenvalue weighted by Gasteiger charge is 2.08. The fourth-order valence-corrected chi connectivity index (χ4v) is 2.07. The zero-order valence-electron chi connectivity index (χ0n) is 12.7. The topological polar surface area (TPSA) is 34.2 Å². The molecule has 1 atom stereocenters. The third-order valence-electron chi connectivity index (χ3n) is 3.31. The monoisotopic (exact) mass is 288 g/mol. The number of nitrogens with one attached hydrogen (secondary N) is 1. The Labute approximate surface area is 125 Å². The van der Waals surface area contributed by atoms with Gasteiger partial charge in [0.05, 0.1) is 0 Å². The third kappa shape index (κ3) is 4.26. The van der Waals surface area contributed by atoms with Gasteiger partial charge in [-0.05, 0) is 62.2 Å². The van der Waals surface area contributed by atoms with Gasteiger partial charge in [0.2, 0.25) is 5.88 Å². The first-order valence-corrected chi connectivity index (χ1v) is 7.23. The van der Waals surface area contributed by atoms with E-state index < -0.39 is 0 Å². The molecule has 2 rings (SSSR count). The SMILES string of the molecule is CCCNC(C)c1ccnc(Oc2ccc(F)cc2C)c1. The van der Waals surface area contributed by atoms with Crippen LogP contribution in [0.3, 0.4) is 0 Å². The van der Waals surface area contributed by atoms with Crippen LogP contribution in [0.4, 0.5) is 4.39 Å². The molecule has 1 N–H and O–H groups in total. The second-order valence-electron chi connectivity index (χ2n) is 5.12. The molecule has 0 amide bonds. The van der Waals surface area contributed by atoms with Crippen LogP contribution < -0.4 is 10.1 Å². The van der Waals surface area contributed by atoms with Crippen LogP contribution in [0.25, 0.3) is 0 Å². The molecular formula is C17H21FN2O. The number of rotatable bonds is 6. The predicted molar refractivity (Wildman–Crippen MR) is 82.2 cm³/mol. The number of ether oxygens (including phenoxy) is 1. The molecule has 0 aliphatic carbocycles. The summed E-state index contributed by atoms with van der Waals surface area (Å²) in [5, 5.41) is 3.43. The summed E-state index contributed by atoms with van der Waals surface area (Å²) in [6.07, 6.45) is 2.82. The van der Waals surface area contributed by atoms with Crippen molar-refractivity contribution in [3.8, 4) is 11.6 Å². The highest BCUT2D eigenvalue weighted by Crippen LogP contribution is 2.25. The van der Waals surface area contributed by atoms with Crippen molar-refractivity contribution >= 4 is 0 Å². The summed E-state index contributed by atoms with van der Waals surface area (Å²) in [6.45, 7) is 7.03. The van der Waals surface area contributed by atoms with Gasteiger partial charge in [-0.3, -0.25) is 0 Å². The Morgan fingerprint density at radius 3 is 2.81 bits per heavy atom. The maximum Gasteiger partial charge on any atom is 0.219 e. The van der Waals surface area contributed by atoms with Gasteiger partial charge in [0, 0.05) is 18.3 Å². The first-order valence-electron chi connectivity index (χ1n) is 7.23. The number of benzene rings is 1. The van der Waals surface area contributed by atoms with Gasteiger partial charge in [0.1, 0.15) is 11.6 Å². The summed E-state index contributed by atoms with van der Waals surface area (Å²) in [5.74, 6) is 0.876. The van der Waals surface area contributed by atoms with Crippen LogP contribution in [-0.2, 0) is 0 Å². The van der Waals surface area contributed by atoms with Gasteiger partial charge in [0.25, 0.3) is 0 Å². The number of aromatic nitrogens is 1. The average molecular weight is 288 g/mol. The first-order chi connectivity index (χ1) is 10.1. The molecule has 1 aromatic heterocycles. The number of aryl methyl sites for hydroxylation is 1. The maximum atomic E-state index is 13.1. The Hall–Kier alpha value is -1.94. The molecule has 0 spiro atoms. The third-order valence-corrected chi connectivity index (χ3v) is 3.31. The van der Waals surface area contributed by atoms with Crippen LogP contribution in [0, 0.1) is 12.7 Å². The standard InChI is InChI=1S/C17H21FN2O/c1-4-8-19-13(3)14-7-9-20-17(11-14)21-16-6-5-15(18)10-12(16)2/h5-7,9-11,13,19H,4,8H2,1-3H3. The van der Waals surface area contributed by atoms with Gasteiger partial charge in [-0.15, -0.1) is 0 Å². The lowest BCUT2D eigenvalue weighted by atomic mass is 10.1. The van der Waals surface area contributed by atoms with E-state index in [0.717, 1.165) is 24.1 Å². The lowest BCUT2D eigenvalue weighted by Crippen LogP contribution is -2.19. The minimum absolute atomic E-state index is 0.240. The molecule has 0 saturated carbocycles. The van der Waals surface area contributed by atoms with Gasteiger partial charge in [-0.25, -0.2) is 9.37 Å². The van der Waals surface area contributed by atoms with Crippen LogP contribution in [-0.4, -0.2) is 11.5 Å². The molecule has 21 heavy (non-hydrogen) atoms. The quantitative estimate of drug-likeness (QED) is 0.856. The fraction of sp³-hybridized carbons (Fsp3) is 0.353. The smallest absolute Gasteiger partial charge is 0.219 e. The molecule has 0 aliphatic heterocycles. The van der Waals surface area contributed by atoms with Crippen LogP contribution in [0.2, 0.25) is 0 Å². The zero-order chi connectivity index (χ0) is 15.2. The highest BCUT2D eigenvalue weighted by atomic mass is 19.1. The lowest BCUT2D eigenvalue weighted by molar-refractivity contribution is 0.454. The number of pyridine rings is 1. The molecule has 0 fully saturated rings. The molecule has 2 aromatic rings. The Kier molecular flexibility index (Phi) is 5.28. The molecule has 0 bridgehead atoms. The van der Waals surface area contributed by atoms with E-state index in [2.05, 4.69) is 24.1 Å². The van der Waals surface area contributed by atoms with E-state index in [4.69, 9.17) is 4.74 Å². The maximum absolute atomic E-state index is 13.1. The van der Waals surface area contributed by atoms with Crippen molar-refractivity contribution in [2.75, 3.05) is 6.54 Å². The van der Waals surface area contributed by atoms with Crippen LogP contribution in [0.1, 0.15) is 37.4 Å². The summed E-state index contributed by atoms with van der Waals surface area (Å²) in [7, 11) is 0. The Morgan fingerprint density at radius 2 is 2.10 bits per heavy atom. The molecule has 3 nitrogen and oxygen atoms in total. The van der Waals surface area contributed by atoms with E-state index in [9.17, 15) is 4.39 Å². The fourth-order valence-electron chi connectivity index (χ4n) is 2.07. The molecule has 1 heterocycles. The largest absolute Gasteiger partial charge is 0.439 e. The van der Waals surface area contributed by atoms with Crippen molar-refractivity contribution in [1.82, 2.24) is 10.3 Å². The predicted octanol–water partition coefficient (Wildman–Crippen LogP) is 4.38. The molecule has 0 saturated heterocycles. The molecular weight excluding hydrogens is 267 g/mol. The van der Waals surface area contributed by atoms with Crippen LogP contribution >= 0.6 is 0 Å². The second-order valence-corrected chi connectivity index (χ2v) is 5.12. The van der Waals surface area contributed by atoms with Crippen molar-refractivity contribution in [3.63, 3.8) is 0 Å². The molecule has 4 heteroatoms. The van der Waals surface area contributed by atoms with Gasteiger partial charge in [0.15, 0.2) is 0 Å². The summed E-state index contributed by atoms with van der Waals surface area (Å²) in [5.41, 5.74) is 1.87. The molecule has 0 aliphatic rings. The molecule has 1 unspecified atom stereocenters. The number of hydrogen-bond donors (Lipinski definition) is 1. The summed E-state index contributed by atoms with van der Waals surface area (Å²) < 4.78 is 18.8. The van der Waals surface area contributed by atoms with Crippen LogP contribution in [0.15, 0.2) is 36.5 Å². The van der Waals surface area contributed by atoms with Crippen LogP contribution in [0.5, 0.6) is 11.6 Å². The zero-order valence-corrected chi connectivity index (χ0v) is 12.7. The van der Waals surface area contributed by atoms with Gasteiger partial charge in [-0.1, -0.05) is 6.92 Å². The van der Waals surface area contributed by atoms with Crippen molar-refractivity contribution in [1.29, 1.82) is 0 Å². The minimum Gasteiger partial charge on any atom is -0.439 e. The van der Waals surface area contributed by atoms with E-state index in [1.807, 2.05) is 19.1 Å². The summed E-state index contributed by atoms with van der Waals surface area (Å²) in [6, 6.07) is 8.58. The first kappa shape index (κ1) is 15.4. The van der Waals surface area contributed by atoms with Crippen molar-refractivity contribution in [2.45, 2.75) is 33.2 Å². The lowest BCUT2D eigenvalue weighted by Gasteiger charge is -2.14. The van der Waals surface area contributed by atoms with Gasteiger partial charge in [-0.2, -0.15) is 0 Å². The van der Waals surface area contributed by atoms with E-state index in [-0.39, 0.29) is 11.9 Å². The Bertz CT molecular complexity index is 601. The Balaban J connectivity index is 2.13. The normalized spacial score (nSPS) is 12.2. The van der Waals surface area contributed by atoms with E-state index in [1.165, 1.54) is 12.1 Å². The van der Waals surface area contributed by atoms with Gasteiger partial charge < -0.3 is 10.1 Å². The van der Waals surface area contributed by atoms with Crippen molar-refractivity contribution < 1.29 is 9.13 Å². The summed E-state index contributed by atoms with van der Waals surface area (Å²) in [4.78, 5) is 4.22. The van der Waals surface area contributed by atoms with Crippen molar-refractivity contribution in [3.05, 3.63) is 53.5 Å². The number of halogens is 1. The van der Waals surface area contributed by atoms with E-state index in [0.29, 0.717) is 11.6 Å². The second kappa shape index (κ2) is 7.18.